The van der Waals surface area contributed by atoms with E-state index >= 15 is 0 Å². The number of nitrogens with zero attached hydrogens (tertiary/aromatic N) is 1. The molecule has 10 heteroatoms. The van der Waals surface area contributed by atoms with Crippen LogP contribution in [-0.2, 0) is 26.6 Å². The van der Waals surface area contributed by atoms with Crippen molar-refractivity contribution in [3.05, 3.63) is 70.3 Å². The first-order chi connectivity index (χ1) is 20.6. The lowest BCUT2D eigenvalue weighted by Gasteiger charge is -2.45. The lowest BCUT2D eigenvalue weighted by Crippen LogP contribution is -2.49. The SMILES string of the molecule is COC[C@@H]1C[C@@H](C)/C=C/[C@H](O)[C@@H]2CC[C@H]2CN2C[C@@]3(CCCc4cc(Cl)ccc43)COc3ccc(cc32)C(=O)NS1(=O)=O. The molecule has 0 radical (unpaired) electrons. The zero-order valence-electron chi connectivity index (χ0n) is 24.8. The summed E-state index contributed by atoms with van der Waals surface area (Å²) in [6.45, 7) is 3.74. The van der Waals surface area contributed by atoms with Crippen LogP contribution in [0, 0.1) is 17.8 Å². The second kappa shape index (κ2) is 12.1. The van der Waals surface area contributed by atoms with E-state index in [1.165, 1.54) is 18.2 Å². The molecule has 0 aromatic heterocycles. The summed E-state index contributed by atoms with van der Waals surface area (Å²) in [4.78, 5) is 15.8. The van der Waals surface area contributed by atoms with Gasteiger partial charge in [-0.2, -0.15) is 0 Å². The van der Waals surface area contributed by atoms with Crippen LogP contribution in [-0.4, -0.2) is 64.2 Å². The maximum Gasteiger partial charge on any atom is 0.264 e. The number of hydrogen-bond donors (Lipinski definition) is 2. The van der Waals surface area contributed by atoms with E-state index in [4.69, 9.17) is 21.1 Å². The number of benzene rings is 2. The number of sulfonamides is 1. The number of rotatable bonds is 2. The van der Waals surface area contributed by atoms with Crippen LogP contribution in [0.3, 0.4) is 0 Å². The molecule has 8 nitrogen and oxygen atoms in total. The smallest absolute Gasteiger partial charge is 0.264 e. The first-order valence-electron chi connectivity index (χ1n) is 15.3. The summed E-state index contributed by atoms with van der Waals surface area (Å²) in [5, 5.41) is 11.0. The molecule has 2 N–H and O–H groups in total. The average Bonchev–Trinajstić information content (AvgIpc) is 3.10. The summed E-state index contributed by atoms with van der Waals surface area (Å²) in [6.07, 6.45) is 8.23. The number of halogens is 1. The summed E-state index contributed by atoms with van der Waals surface area (Å²) in [7, 11) is -2.59. The van der Waals surface area contributed by atoms with Gasteiger partial charge in [0.2, 0.25) is 10.0 Å². The molecule has 4 aliphatic rings. The van der Waals surface area contributed by atoms with Crippen LogP contribution < -0.4 is 14.4 Å². The van der Waals surface area contributed by atoms with Gasteiger partial charge < -0.3 is 19.5 Å². The zero-order valence-corrected chi connectivity index (χ0v) is 26.4. The quantitative estimate of drug-likeness (QED) is 0.457. The molecule has 2 aliphatic carbocycles. The Bertz CT molecular complexity index is 1510. The Morgan fingerprint density at radius 3 is 2.79 bits per heavy atom. The van der Waals surface area contributed by atoms with E-state index in [2.05, 4.69) is 21.8 Å². The van der Waals surface area contributed by atoms with Crippen molar-refractivity contribution < 1.29 is 27.8 Å². The van der Waals surface area contributed by atoms with Crippen molar-refractivity contribution in [1.29, 1.82) is 0 Å². The summed E-state index contributed by atoms with van der Waals surface area (Å²) in [6, 6.07) is 11.3. The predicted molar refractivity (Wildman–Crippen MR) is 167 cm³/mol. The number of aryl methyl sites for hydroxylation is 1. The van der Waals surface area contributed by atoms with Gasteiger partial charge in [0.1, 0.15) is 11.0 Å². The highest BCUT2D eigenvalue weighted by atomic mass is 35.5. The topological polar surface area (TPSA) is 105 Å². The van der Waals surface area contributed by atoms with Gasteiger partial charge in [-0.25, -0.2) is 13.1 Å². The molecule has 1 fully saturated rings. The van der Waals surface area contributed by atoms with E-state index in [1.807, 2.05) is 25.1 Å². The van der Waals surface area contributed by atoms with Gasteiger partial charge in [0.25, 0.3) is 5.91 Å². The van der Waals surface area contributed by atoms with Gasteiger partial charge in [0.05, 0.1) is 25.0 Å². The highest BCUT2D eigenvalue weighted by Crippen LogP contribution is 2.46. The molecule has 1 amide bonds. The molecule has 0 saturated heterocycles. The molecule has 0 unspecified atom stereocenters. The Morgan fingerprint density at radius 2 is 2.02 bits per heavy atom. The fraction of sp³-hybridized carbons (Fsp3) is 0.545. The number of ether oxygens (including phenoxy) is 2. The van der Waals surface area contributed by atoms with Crippen LogP contribution in [0.4, 0.5) is 5.69 Å². The van der Waals surface area contributed by atoms with Crippen molar-refractivity contribution in [1.82, 2.24) is 4.72 Å². The first kappa shape index (κ1) is 30.4. The minimum Gasteiger partial charge on any atom is -0.490 e. The van der Waals surface area contributed by atoms with Gasteiger partial charge in [0.15, 0.2) is 0 Å². The molecular weight excluding hydrogens is 588 g/mol. The highest BCUT2D eigenvalue weighted by molar-refractivity contribution is 7.90. The van der Waals surface area contributed by atoms with Crippen LogP contribution >= 0.6 is 11.6 Å². The van der Waals surface area contributed by atoms with Gasteiger partial charge >= 0.3 is 0 Å². The van der Waals surface area contributed by atoms with Crippen LogP contribution in [0.2, 0.25) is 5.02 Å². The maximum absolute atomic E-state index is 13.4. The van der Waals surface area contributed by atoms with Crippen LogP contribution in [0.25, 0.3) is 0 Å². The number of hydrogen-bond acceptors (Lipinski definition) is 7. The number of nitrogens with one attached hydrogen (secondary N) is 1. The third-order valence-corrected chi connectivity index (χ3v) is 11.9. The molecule has 2 aliphatic heterocycles. The predicted octanol–water partition coefficient (Wildman–Crippen LogP) is 4.87. The minimum absolute atomic E-state index is 0.0470. The lowest BCUT2D eigenvalue weighted by atomic mass is 9.68. The number of carbonyl (C=O) groups is 1. The number of methoxy groups -OCH3 is 1. The molecule has 1 saturated carbocycles. The van der Waals surface area contributed by atoms with Crippen molar-refractivity contribution in [2.75, 3.05) is 38.3 Å². The Kier molecular flexibility index (Phi) is 8.54. The molecular formula is C33H41ClN2O6S. The standard InChI is InChI=1S/C33H41ClN2O6S/c1-21-5-11-30(37)27-9-6-24(27)17-36-19-33(13-3-4-22-15-25(34)8-10-28(22)33)20-42-31-12-7-23(16-29(31)36)32(38)35-43(39,40)26(14-21)18-41-2/h5,7-8,10-12,15-16,21,24,26-27,30,37H,3-4,6,9,13-14,17-20H2,1-2H3,(H,35,38)/b11-5+/t21-,24-,26-,27+,30-,33-/m0/s1. The van der Waals surface area contributed by atoms with Crippen molar-refractivity contribution in [2.24, 2.45) is 17.8 Å². The van der Waals surface area contributed by atoms with E-state index in [0.717, 1.165) is 42.8 Å². The van der Waals surface area contributed by atoms with E-state index in [-0.39, 0.29) is 41.8 Å². The number of fused-ring (bicyclic) bond motifs is 4. The molecule has 232 valence electrons. The molecule has 43 heavy (non-hydrogen) atoms. The number of allylic oxidation sites excluding steroid dienone is 1. The molecule has 2 heterocycles. The van der Waals surface area contributed by atoms with Gasteiger partial charge in [-0.1, -0.05) is 36.7 Å². The summed E-state index contributed by atoms with van der Waals surface area (Å²) in [5.74, 6) is 0.218. The van der Waals surface area contributed by atoms with Crippen LogP contribution in [0.5, 0.6) is 5.75 Å². The van der Waals surface area contributed by atoms with Crippen molar-refractivity contribution in [3.63, 3.8) is 0 Å². The van der Waals surface area contributed by atoms with Crippen molar-refractivity contribution >= 4 is 33.2 Å². The average molecular weight is 629 g/mol. The molecule has 6 atom stereocenters. The van der Waals surface area contributed by atoms with Crippen molar-refractivity contribution in [3.8, 4) is 5.75 Å². The number of amides is 1. The minimum atomic E-state index is -4.04. The summed E-state index contributed by atoms with van der Waals surface area (Å²) < 4.78 is 40.8. The normalized spacial score (nSPS) is 32.8. The third kappa shape index (κ3) is 6.06. The number of carbonyl (C=O) groups excluding carboxylic acids is 1. The van der Waals surface area contributed by atoms with Crippen molar-refractivity contribution in [2.45, 2.75) is 62.2 Å². The first-order valence-corrected chi connectivity index (χ1v) is 17.2. The molecule has 2 aromatic rings. The monoisotopic (exact) mass is 628 g/mol. The molecule has 6 rings (SSSR count). The molecule has 2 bridgehead atoms. The largest absolute Gasteiger partial charge is 0.490 e. The summed E-state index contributed by atoms with van der Waals surface area (Å²) in [5.41, 5.74) is 3.25. The Labute approximate surface area is 259 Å². The third-order valence-electron chi connectivity index (χ3n) is 9.97. The van der Waals surface area contributed by atoms with Gasteiger partial charge in [-0.3, -0.25) is 4.79 Å². The highest BCUT2D eigenvalue weighted by Gasteiger charge is 2.44. The fourth-order valence-corrected chi connectivity index (χ4v) is 9.10. The Balaban J connectivity index is 1.42. The zero-order chi connectivity index (χ0) is 30.4. The second-order valence-electron chi connectivity index (χ2n) is 12.9. The lowest BCUT2D eigenvalue weighted by molar-refractivity contribution is 0.0454. The van der Waals surface area contributed by atoms with Gasteiger partial charge in [-0.15, -0.1) is 0 Å². The van der Waals surface area contributed by atoms with Crippen LogP contribution in [0.1, 0.15) is 60.5 Å². The Morgan fingerprint density at radius 1 is 1.19 bits per heavy atom. The van der Waals surface area contributed by atoms with E-state index in [0.29, 0.717) is 25.4 Å². The number of anilines is 1. The Hall–Kier alpha value is -2.59. The second-order valence-corrected chi connectivity index (χ2v) is 15.3. The number of aliphatic hydroxyl groups is 1. The van der Waals surface area contributed by atoms with E-state index in [1.54, 1.807) is 18.2 Å². The number of aliphatic hydroxyl groups excluding tert-OH is 1. The van der Waals surface area contributed by atoms with Gasteiger partial charge in [0, 0.05) is 36.2 Å². The molecule has 1 spiro atoms. The molecule has 2 aromatic carbocycles. The van der Waals surface area contributed by atoms with Crippen LogP contribution in [0.15, 0.2) is 48.6 Å². The fourth-order valence-electron chi connectivity index (χ4n) is 7.49. The van der Waals surface area contributed by atoms with E-state index < -0.39 is 27.3 Å². The van der Waals surface area contributed by atoms with Gasteiger partial charge in [-0.05, 0) is 97.7 Å². The summed E-state index contributed by atoms with van der Waals surface area (Å²) >= 11 is 6.39. The van der Waals surface area contributed by atoms with E-state index in [9.17, 15) is 18.3 Å². The maximum atomic E-state index is 13.4.